The van der Waals surface area contributed by atoms with Crippen molar-refractivity contribution in [1.29, 1.82) is 0 Å². The average molecular weight is 512 g/mol. The first-order valence-electron chi connectivity index (χ1n) is 4.66. The van der Waals surface area contributed by atoms with E-state index in [9.17, 15) is 10.2 Å². The third-order valence-corrected chi connectivity index (χ3v) is 3.37. The van der Waals surface area contributed by atoms with Gasteiger partial charge in [0.1, 0.15) is 5.60 Å². The van der Waals surface area contributed by atoms with E-state index in [1.807, 2.05) is 6.92 Å². The van der Waals surface area contributed by atoms with Gasteiger partial charge in [0.25, 0.3) is 0 Å². The molecule has 3 nitrogen and oxygen atoms in total. The van der Waals surface area contributed by atoms with E-state index in [2.05, 4.69) is 0 Å². The number of aliphatic hydroxyl groups excluding tert-OH is 2. The van der Waals surface area contributed by atoms with Gasteiger partial charge >= 0.3 is 0 Å². The second-order valence-electron chi connectivity index (χ2n) is 4.05. The number of ether oxygens (including phenoxy) is 1. The van der Waals surface area contributed by atoms with Gasteiger partial charge in [-0.1, -0.05) is 0 Å². The van der Waals surface area contributed by atoms with Gasteiger partial charge < -0.3 is 14.9 Å². The maximum absolute atomic E-state index is 9.84. The van der Waals surface area contributed by atoms with E-state index in [4.69, 9.17) is 4.74 Å². The van der Waals surface area contributed by atoms with Gasteiger partial charge in [-0.15, -0.1) is 0 Å². The van der Waals surface area contributed by atoms with Crippen molar-refractivity contribution in [3.63, 3.8) is 0 Å². The standard InChI is InChI=1S/C9H16O3.Ta.Tb/c1-6-7-3-2-4-9(5-10,12-6)8(7)11;;/h6-8,10-11H,2-5H2,1H3;;/t6?,7?,8-,9?;;/m0../s1. The SMILES string of the molecule is CC1OC2(CO)CCCC1[C@@H]2O.[Ta].[Tb]. The molecular weight excluding hydrogens is 496 g/mol. The van der Waals surface area contributed by atoms with E-state index < -0.39 is 11.7 Å². The number of fused-ring (bicyclic) bond motifs is 2. The molecule has 1 aliphatic carbocycles. The Labute approximate surface area is 131 Å². The molecule has 0 amide bonds. The van der Waals surface area contributed by atoms with Crippen molar-refractivity contribution in [2.24, 2.45) is 5.92 Å². The Kier molecular flexibility index (Phi) is 6.82. The maximum Gasteiger partial charge on any atom is 0.118 e. The first kappa shape index (κ1) is 15.9. The van der Waals surface area contributed by atoms with Crippen LogP contribution in [-0.2, 0) is 27.1 Å². The summed E-state index contributed by atoms with van der Waals surface area (Å²) in [5, 5.41) is 19.0. The number of aliphatic hydroxyl groups is 2. The van der Waals surface area contributed by atoms with Crippen molar-refractivity contribution in [3.8, 4) is 0 Å². The summed E-state index contributed by atoms with van der Waals surface area (Å²) in [6, 6.07) is 0. The molecule has 5 heteroatoms. The zero-order valence-corrected chi connectivity index (χ0v) is 13.5. The molecule has 2 N–H and O–H groups in total. The van der Waals surface area contributed by atoms with Gasteiger partial charge in [-0.05, 0) is 26.2 Å². The molecule has 14 heavy (non-hydrogen) atoms. The van der Waals surface area contributed by atoms with E-state index in [1.54, 1.807) is 0 Å². The van der Waals surface area contributed by atoms with E-state index >= 15 is 0 Å². The molecule has 1 aliphatic heterocycles. The van der Waals surface area contributed by atoms with Gasteiger partial charge in [0.15, 0.2) is 0 Å². The Hall–Kier alpha value is 1.91. The zero-order valence-electron chi connectivity index (χ0n) is 8.14. The molecule has 2 aliphatic rings. The van der Waals surface area contributed by atoms with E-state index in [1.165, 1.54) is 0 Å². The second-order valence-corrected chi connectivity index (χ2v) is 4.05. The van der Waals surface area contributed by atoms with Crippen molar-refractivity contribution >= 4 is 0 Å². The molecule has 3 unspecified atom stereocenters. The predicted octanol–water partition coefficient (Wildman–Crippen LogP) is 0.295. The Morgan fingerprint density at radius 1 is 1.50 bits per heavy atom. The van der Waals surface area contributed by atoms with Crippen LogP contribution in [0.2, 0.25) is 0 Å². The molecule has 2 fully saturated rings. The van der Waals surface area contributed by atoms with Crippen molar-refractivity contribution < 1.29 is 75.9 Å². The normalized spacial score (nSPS) is 45.2. The van der Waals surface area contributed by atoms with Crippen LogP contribution in [0.4, 0.5) is 0 Å². The van der Waals surface area contributed by atoms with Crippen molar-refractivity contribution in [3.05, 3.63) is 0 Å². The molecule has 1 saturated heterocycles. The summed E-state index contributed by atoms with van der Waals surface area (Å²) in [5.74, 6) is 0.242. The molecule has 84 valence electrons. The molecular formula is C9H16O3TaTb. The Morgan fingerprint density at radius 3 is 2.64 bits per heavy atom. The van der Waals surface area contributed by atoms with Crippen molar-refractivity contribution in [2.45, 2.75) is 44.0 Å². The largest absolute Gasteiger partial charge is 0.393 e. The van der Waals surface area contributed by atoms with Crippen LogP contribution in [0.3, 0.4) is 0 Å². The Morgan fingerprint density at radius 2 is 2.14 bits per heavy atom. The third-order valence-electron chi connectivity index (χ3n) is 3.37. The van der Waals surface area contributed by atoms with Crippen molar-refractivity contribution in [2.75, 3.05) is 6.61 Å². The summed E-state index contributed by atoms with van der Waals surface area (Å²) >= 11 is 0. The van der Waals surface area contributed by atoms with Crippen LogP contribution in [0.5, 0.6) is 0 Å². The molecule has 2 rings (SSSR count). The fourth-order valence-electron chi connectivity index (χ4n) is 2.62. The van der Waals surface area contributed by atoms with Gasteiger partial charge in [0.05, 0.1) is 18.8 Å². The van der Waals surface area contributed by atoms with Gasteiger partial charge in [-0.2, -0.15) is 0 Å². The first-order valence-corrected chi connectivity index (χ1v) is 4.66. The molecule has 2 radical (unpaired) electrons. The number of rotatable bonds is 1. The monoisotopic (exact) mass is 512 g/mol. The minimum atomic E-state index is -0.623. The summed E-state index contributed by atoms with van der Waals surface area (Å²) < 4.78 is 5.63. The van der Waals surface area contributed by atoms with Crippen LogP contribution in [0.1, 0.15) is 26.2 Å². The van der Waals surface area contributed by atoms with Crippen LogP contribution >= 0.6 is 0 Å². The predicted molar refractivity (Wildman–Crippen MR) is 43.7 cm³/mol. The number of hydrogen-bond acceptors (Lipinski definition) is 3. The Bertz CT molecular complexity index is 193. The quantitative estimate of drug-likeness (QED) is 0.532. The zero-order chi connectivity index (χ0) is 8.77. The molecule has 1 saturated carbocycles. The average Bonchev–Trinajstić information content (AvgIpc) is 2.23. The van der Waals surface area contributed by atoms with Crippen LogP contribution in [0, 0.1) is 44.5 Å². The van der Waals surface area contributed by atoms with Crippen molar-refractivity contribution in [1.82, 2.24) is 0 Å². The van der Waals surface area contributed by atoms with Crippen LogP contribution in [0.25, 0.3) is 0 Å². The summed E-state index contributed by atoms with van der Waals surface area (Å²) in [6.07, 6.45) is 2.54. The Balaban J connectivity index is 0.000000845. The van der Waals surface area contributed by atoms with Crippen LogP contribution in [-0.4, -0.2) is 34.6 Å². The first-order chi connectivity index (χ1) is 5.69. The van der Waals surface area contributed by atoms with Gasteiger partial charge in [0, 0.05) is 66.9 Å². The molecule has 0 spiro atoms. The summed E-state index contributed by atoms with van der Waals surface area (Å²) in [4.78, 5) is 0. The fourth-order valence-corrected chi connectivity index (χ4v) is 2.62. The topological polar surface area (TPSA) is 49.7 Å². The molecule has 0 aromatic carbocycles. The van der Waals surface area contributed by atoms with Crippen LogP contribution in [0.15, 0.2) is 0 Å². The van der Waals surface area contributed by atoms with Gasteiger partial charge in [-0.3, -0.25) is 0 Å². The second kappa shape index (κ2) is 6.01. The smallest absolute Gasteiger partial charge is 0.118 e. The number of hydrogen-bond donors (Lipinski definition) is 2. The third kappa shape index (κ3) is 2.42. The molecule has 4 atom stereocenters. The summed E-state index contributed by atoms with van der Waals surface area (Å²) in [6.45, 7) is 1.94. The molecule has 0 aromatic rings. The minimum absolute atomic E-state index is 0. The fraction of sp³-hybridized carbons (Fsp3) is 1.00. The van der Waals surface area contributed by atoms with E-state index in [0.717, 1.165) is 19.3 Å². The van der Waals surface area contributed by atoms with Crippen LogP contribution < -0.4 is 0 Å². The van der Waals surface area contributed by atoms with E-state index in [0.29, 0.717) is 0 Å². The molecule has 1 heterocycles. The van der Waals surface area contributed by atoms with Gasteiger partial charge in [-0.25, -0.2) is 0 Å². The van der Waals surface area contributed by atoms with E-state index in [-0.39, 0.29) is 79.6 Å². The minimum Gasteiger partial charge on any atom is -0.393 e. The van der Waals surface area contributed by atoms with Gasteiger partial charge in [0.2, 0.25) is 0 Å². The summed E-state index contributed by atoms with van der Waals surface area (Å²) in [7, 11) is 0. The summed E-state index contributed by atoms with van der Waals surface area (Å²) in [5.41, 5.74) is -0.623. The maximum atomic E-state index is 9.84. The molecule has 0 aromatic heterocycles. The molecule has 2 bridgehead atoms.